The number of rotatable bonds is 3. The van der Waals surface area contributed by atoms with Crippen LogP contribution in [-0.4, -0.2) is 5.11 Å². The van der Waals surface area contributed by atoms with Gasteiger partial charge in [0.15, 0.2) is 5.82 Å². The lowest BCUT2D eigenvalue weighted by Crippen LogP contribution is -2.09. The standard InChI is InChI=1S/C13H20FNO/c1-13(2,3)8-7-11(16)9-5-4-6-10(15)12(9)14/h4-6,11,16H,7-8,15H2,1-3H3/t11-/m0/s1. The van der Waals surface area contributed by atoms with Crippen molar-refractivity contribution in [1.82, 2.24) is 0 Å². The van der Waals surface area contributed by atoms with Gasteiger partial charge in [0.1, 0.15) is 0 Å². The average Bonchev–Trinajstić information content (AvgIpc) is 2.17. The Balaban J connectivity index is 2.73. The Morgan fingerprint density at radius 2 is 2.00 bits per heavy atom. The minimum atomic E-state index is -0.775. The van der Waals surface area contributed by atoms with Gasteiger partial charge in [-0.05, 0) is 24.3 Å². The largest absolute Gasteiger partial charge is 0.396 e. The fourth-order valence-electron chi connectivity index (χ4n) is 1.55. The molecule has 0 unspecified atom stereocenters. The molecule has 0 fully saturated rings. The van der Waals surface area contributed by atoms with E-state index in [-0.39, 0.29) is 11.1 Å². The van der Waals surface area contributed by atoms with Crippen molar-refractivity contribution < 1.29 is 9.50 Å². The third-order valence-corrected chi connectivity index (χ3v) is 2.59. The van der Waals surface area contributed by atoms with Crippen molar-refractivity contribution >= 4 is 5.69 Å². The van der Waals surface area contributed by atoms with E-state index in [1.807, 2.05) is 0 Å². The van der Waals surface area contributed by atoms with Crippen LogP contribution in [0.15, 0.2) is 18.2 Å². The zero-order valence-electron chi connectivity index (χ0n) is 10.1. The topological polar surface area (TPSA) is 46.2 Å². The molecule has 16 heavy (non-hydrogen) atoms. The molecule has 2 nitrogen and oxygen atoms in total. The summed E-state index contributed by atoms with van der Waals surface area (Å²) in [7, 11) is 0. The van der Waals surface area contributed by atoms with Crippen LogP contribution in [0, 0.1) is 11.2 Å². The fraction of sp³-hybridized carbons (Fsp3) is 0.538. The Morgan fingerprint density at radius 1 is 1.38 bits per heavy atom. The molecular weight excluding hydrogens is 205 g/mol. The van der Waals surface area contributed by atoms with E-state index >= 15 is 0 Å². The van der Waals surface area contributed by atoms with Gasteiger partial charge in [-0.3, -0.25) is 0 Å². The molecule has 1 atom stereocenters. The minimum Gasteiger partial charge on any atom is -0.396 e. The lowest BCUT2D eigenvalue weighted by atomic mass is 9.88. The third-order valence-electron chi connectivity index (χ3n) is 2.59. The van der Waals surface area contributed by atoms with E-state index in [2.05, 4.69) is 20.8 Å². The summed E-state index contributed by atoms with van der Waals surface area (Å²) in [6, 6.07) is 4.74. The maximum atomic E-state index is 13.6. The monoisotopic (exact) mass is 225 g/mol. The normalized spacial score (nSPS) is 13.8. The number of aliphatic hydroxyl groups is 1. The second kappa shape index (κ2) is 4.83. The van der Waals surface area contributed by atoms with E-state index in [9.17, 15) is 9.50 Å². The summed E-state index contributed by atoms with van der Waals surface area (Å²) in [5.74, 6) is -0.496. The van der Waals surface area contributed by atoms with Gasteiger partial charge < -0.3 is 10.8 Å². The van der Waals surface area contributed by atoms with Crippen LogP contribution in [0.4, 0.5) is 10.1 Å². The molecule has 0 saturated heterocycles. The van der Waals surface area contributed by atoms with Crippen molar-refractivity contribution in [3.63, 3.8) is 0 Å². The van der Waals surface area contributed by atoms with Crippen molar-refractivity contribution in [3.8, 4) is 0 Å². The molecule has 90 valence electrons. The number of aliphatic hydroxyl groups excluding tert-OH is 1. The number of hydrogen-bond acceptors (Lipinski definition) is 2. The Bertz CT molecular complexity index is 357. The molecule has 0 aliphatic heterocycles. The Hall–Kier alpha value is -1.09. The van der Waals surface area contributed by atoms with Crippen LogP contribution >= 0.6 is 0 Å². The highest BCUT2D eigenvalue weighted by atomic mass is 19.1. The number of hydrogen-bond donors (Lipinski definition) is 2. The van der Waals surface area contributed by atoms with Gasteiger partial charge in [-0.2, -0.15) is 0 Å². The molecule has 0 amide bonds. The summed E-state index contributed by atoms with van der Waals surface area (Å²) in [5, 5.41) is 9.89. The van der Waals surface area contributed by atoms with Crippen LogP contribution in [0.2, 0.25) is 0 Å². The van der Waals surface area contributed by atoms with Crippen molar-refractivity contribution in [1.29, 1.82) is 0 Å². The van der Waals surface area contributed by atoms with Crippen LogP contribution in [0.5, 0.6) is 0 Å². The van der Waals surface area contributed by atoms with Crippen molar-refractivity contribution in [2.45, 2.75) is 39.7 Å². The Kier molecular flexibility index (Phi) is 3.92. The summed E-state index contributed by atoms with van der Waals surface area (Å²) in [5.41, 5.74) is 5.98. The number of nitrogen functional groups attached to an aromatic ring is 1. The number of anilines is 1. The molecule has 0 spiro atoms. The van der Waals surface area contributed by atoms with E-state index in [0.717, 1.165) is 6.42 Å². The molecule has 0 aliphatic carbocycles. The van der Waals surface area contributed by atoms with Crippen molar-refractivity contribution in [2.24, 2.45) is 5.41 Å². The SMILES string of the molecule is CC(C)(C)CC[C@H](O)c1cccc(N)c1F. The maximum Gasteiger partial charge on any atom is 0.151 e. The zero-order chi connectivity index (χ0) is 12.3. The highest BCUT2D eigenvalue weighted by Gasteiger charge is 2.18. The van der Waals surface area contributed by atoms with E-state index in [1.165, 1.54) is 6.07 Å². The second-order valence-electron chi connectivity index (χ2n) is 5.37. The fourth-order valence-corrected chi connectivity index (χ4v) is 1.55. The van der Waals surface area contributed by atoms with Crippen molar-refractivity contribution in [2.75, 3.05) is 5.73 Å². The third kappa shape index (κ3) is 3.49. The molecule has 0 saturated carbocycles. The van der Waals surface area contributed by atoms with Crippen LogP contribution < -0.4 is 5.73 Å². The molecule has 1 aromatic rings. The van der Waals surface area contributed by atoms with Gasteiger partial charge in [0.25, 0.3) is 0 Å². The zero-order valence-corrected chi connectivity index (χ0v) is 10.1. The molecule has 1 rings (SSSR count). The summed E-state index contributed by atoms with van der Waals surface area (Å²) in [6.07, 6.45) is 0.606. The maximum absolute atomic E-state index is 13.6. The van der Waals surface area contributed by atoms with Gasteiger partial charge in [-0.15, -0.1) is 0 Å². The summed E-state index contributed by atoms with van der Waals surface area (Å²) >= 11 is 0. The highest BCUT2D eigenvalue weighted by molar-refractivity contribution is 5.43. The average molecular weight is 225 g/mol. The lowest BCUT2D eigenvalue weighted by Gasteiger charge is -2.20. The van der Waals surface area contributed by atoms with Crippen LogP contribution in [-0.2, 0) is 0 Å². The first-order valence-electron chi connectivity index (χ1n) is 5.53. The first kappa shape index (κ1) is 13.0. The van der Waals surface area contributed by atoms with E-state index in [1.54, 1.807) is 12.1 Å². The van der Waals surface area contributed by atoms with Gasteiger partial charge >= 0.3 is 0 Å². The van der Waals surface area contributed by atoms with Gasteiger partial charge in [-0.25, -0.2) is 4.39 Å². The predicted molar refractivity (Wildman–Crippen MR) is 64.5 cm³/mol. The number of nitrogens with two attached hydrogens (primary N) is 1. The van der Waals surface area contributed by atoms with E-state index < -0.39 is 11.9 Å². The number of benzene rings is 1. The van der Waals surface area contributed by atoms with Gasteiger partial charge in [-0.1, -0.05) is 32.9 Å². The van der Waals surface area contributed by atoms with Crippen LogP contribution in [0.1, 0.15) is 45.3 Å². The van der Waals surface area contributed by atoms with Crippen LogP contribution in [0.3, 0.4) is 0 Å². The van der Waals surface area contributed by atoms with Gasteiger partial charge in [0.2, 0.25) is 0 Å². The van der Waals surface area contributed by atoms with Gasteiger partial charge in [0, 0.05) is 5.56 Å². The van der Waals surface area contributed by atoms with Crippen LogP contribution in [0.25, 0.3) is 0 Å². The summed E-state index contributed by atoms with van der Waals surface area (Å²) in [4.78, 5) is 0. The summed E-state index contributed by atoms with van der Waals surface area (Å²) in [6.45, 7) is 6.28. The predicted octanol–water partition coefficient (Wildman–Crippen LogP) is 3.27. The number of halogens is 1. The highest BCUT2D eigenvalue weighted by Crippen LogP contribution is 2.29. The molecule has 0 aliphatic rings. The molecule has 0 heterocycles. The van der Waals surface area contributed by atoms with Gasteiger partial charge in [0.05, 0.1) is 11.8 Å². The Labute approximate surface area is 96.3 Å². The minimum absolute atomic E-state index is 0.0901. The molecule has 0 aromatic heterocycles. The molecule has 0 radical (unpaired) electrons. The van der Waals surface area contributed by atoms with E-state index in [0.29, 0.717) is 12.0 Å². The Morgan fingerprint density at radius 3 is 2.56 bits per heavy atom. The van der Waals surface area contributed by atoms with Crippen molar-refractivity contribution in [3.05, 3.63) is 29.6 Å². The first-order chi connectivity index (χ1) is 7.31. The molecule has 1 aromatic carbocycles. The van der Waals surface area contributed by atoms with E-state index in [4.69, 9.17) is 5.73 Å². The molecule has 3 heteroatoms. The summed E-state index contributed by atoms with van der Waals surface area (Å²) < 4.78 is 13.6. The molecule has 0 bridgehead atoms. The quantitative estimate of drug-likeness (QED) is 0.775. The second-order valence-corrected chi connectivity index (χ2v) is 5.37. The smallest absolute Gasteiger partial charge is 0.151 e. The molecule has 3 N–H and O–H groups in total. The molecular formula is C13H20FNO. The lowest BCUT2D eigenvalue weighted by molar-refractivity contribution is 0.144. The first-order valence-corrected chi connectivity index (χ1v) is 5.53.